The number of amides is 3. The summed E-state index contributed by atoms with van der Waals surface area (Å²) in [5, 5.41) is 17.3. The molecule has 0 aliphatic carbocycles. The molecule has 0 heterocycles. The highest BCUT2D eigenvalue weighted by Crippen LogP contribution is 2.19. The molecule has 37 heavy (non-hydrogen) atoms. The van der Waals surface area contributed by atoms with Crippen molar-refractivity contribution in [2.45, 2.75) is 0 Å². The minimum absolute atomic E-state index is 0.00234. The van der Waals surface area contributed by atoms with Crippen molar-refractivity contribution in [3.63, 3.8) is 0 Å². The lowest BCUT2D eigenvalue weighted by Gasteiger charge is -2.10. The lowest BCUT2D eigenvalue weighted by atomic mass is 10.1. The first kappa shape index (κ1) is 24.7. The molecule has 4 aromatic rings. The number of hydrogen-bond donors (Lipinski definition) is 5. The summed E-state index contributed by atoms with van der Waals surface area (Å²) < 4.78 is 0. The Morgan fingerprint density at radius 3 is 1.35 bits per heavy atom. The van der Waals surface area contributed by atoms with E-state index in [-0.39, 0.29) is 16.7 Å². The molecular formula is C28H22N4O5. The van der Waals surface area contributed by atoms with E-state index in [9.17, 15) is 19.2 Å². The molecule has 0 aliphatic heterocycles. The second-order valence-electron chi connectivity index (χ2n) is 8.04. The molecule has 0 bridgehead atoms. The van der Waals surface area contributed by atoms with Crippen LogP contribution in [0.25, 0.3) is 0 Å². The lowest BCUT2D eigenvalue weighted by molar-refractivity contribution is 0.0696. The number of nitrogens with one attached hydrogen (secondary N) is 3. The van der Waals surface area contributed by atoms with Gasteiger partial charge in [-0.2, -0.15) is 0 Å². The highest BCUT2D eigenvalue weighted by molar-refractivity contribution is 6.09. The summed E-state index contributed by atoms with van der Waals surface area (Å²) in [7, 11) is 0. The molecule has 0 aromatic heterocycles. The van der Waals surface area contributed by atoms with Crippen molar-refractivity contribution in [2.24, 2.45) is 0 Å². The predicted octanol–water partition coefficient (Wildman–Crippen LogP) is 4.72. The third-order valence-corrected chi connectivity index (χ3v) is 5.28. The molecule has 0 spiro atoms. The van der Waals surface area contributed by atoms with E-state index in [1.165, 1.54) is 30.3 Å². The van der Waals surface area contributed by atoms with Gasteiger partial charge < -0.3 is 26.8 Å². The molecule has 4 aromatic carbocycles. The molecule has 3 amide bonds. The van der Waals surface area contributed by atoms with Crippen LogP contribution in [0.15, 0.2) is 97.1 Å². The number of carbonyl (C=O) groups excluding carboxylic acids is 3. The molecule has 9 nitrogen and oxygen atoms in total. The molecule has 0 fully saturated rings. The first-order valence-corrected chi connectivity index (χ1v) is 11.1. The number of carboxylic acids is 1. The molecule has 184 valence electrons. The van der Waals surface area contributed by atoms with Crippen LogP contribution < -0.4 is 21.7 Å². The zero-order valence-corrected chi connectivity index (χ0v) is 19.4. The number of carbonyl (C=O) groups is 4. The van der Waals surface area contributed by atoms with Crippen molar-refractivity contribution in [1.82, 2.24) is 0 Å². The number of rotatable bonds is 7. The number of nitrogens with two attached hydrogens (primary N) is 1. The van der Waals surface area contributed by atoms with E-state index >= 15 is 0 Å². The standard InChI is InChI=1S/C28H22N4O5/c29-21-9-3-10-22(15-21)30-25(33)17-5-1-6-18(13-17)26(34)31-23-11-4-12-24(16-23)32-27(35)19-7-2-8-20(14-19)28(36)37/h1-16H,29H2,(H,30,33)(H,31,34)(H,32,35)(H,36,37). The Bertz CT molecular complexity index is 1520. The molecule has 6 N–H and O–H groups in total. The van der Waals surface area contributed by atoms with Crippen molar-refractivity contribution < 1.29 is 24.3 Å². The monoisotopic (exact) mass is 494 g/mol. The average Bonchev–Trinajstić information content (AvgIpc) is 2.89. The number of aromatic carboxylic acids is 1. The first-order chi connectivity index (χ1) is 17.8. The van der Waals surface area contributed by atoms with Gasteiger partial charge in [0.1, 0.15) is 0 Å². The van der Waals surface area contributed by atoms with Crippen molar-refractivity contribution in [2.75, 3.05) is 21.7 Å². The summed E-state index contributed by atoms with van der Waals surface area (Å²) in [6.45, 7) is 0. The van der Waals surface area contributed by atoms with E-state index in [1.807, 2.05) is 0 Å². The molecule has 0 unspecified atom stereocenters. The largest absolute Gasteiger partial charge is 0.478 e. The van der Waals surface area contributed by atoms with E-state index in [1.54, 1.807) is 66.7 Å². The minimum Gasteiger partial charge on any atom is -0.478 e. The van der Waals surface area contributed by atoms with Crippen LogP contribution in [-0.2, 0) is 0 Å². The maximum atomic E-state index is 12.8. The van der Waals surface area contributed by atoms with Crippen molar-refractivity contribution in [3.8, 4) is 0 Å². The van der Waals surface area contributed by atoms with Crippen LogP contribution in [0.5, 0.6) is 0 Å². The Hall–Kier alpha value is -5.44. The molecule has 0 atom stereocenters. The van der Waals surface area contributed by atoms with E-state index in [4.69, 9.17) is 10.8 Å². The first-order valence-electron chi connectivity index (χ1n) is 11.1. The summed E-state index contributed by atoms with van der Waals surface area (Å²) in [4.78, 5) is 49.2. The molecule has 0 saturated heterocycles. The molecule has 4 rings (SSSR count). The van der Waals surface area contributed by atoms with Crippen molar-refractivity contribution in [1.29, 1.82) is 0 Å². The highest BCUT2D eigenvalue weighted by atomic mass is 16.4. The molecule has 0 aliphatic rings. The van der Waals surface area contributed by atoms with E-state index in [2.05, 4.69) is 16.0 Å². The number of benzene rings is 4. The highest BCUT2D eigenvalue weighted by Gasteiger charge is 2.13. The Kier molecular flexibility index (Phi) is 7.25. The quantitative estimate of drug-likeness (QED) is 0.235. The number of nitrogen functional groups attached to an aromatic ring is 1. The van der Waals surface area contributed by atoms with Gasteiger partial charge in [-0.3, -0.25) is 14.4 Å². The minimum atomic E-state index is -1.13. The molecule has 0 saturated carbocycles. The zero-order valence-electron chi connectivity index (χ0n) is 19.4. The Balaban J connectivity index is 1.43. The zero-order chi connectivity index (χ0) is 26.4. The summed E-state index contributed by atoms with van der Waals surface area (Å²) in [5.41, 5.74) is 8.34. The van der Waals surface area contributed by atoms with Gasteiger partial charge in [-0.05, 0) is 72.8 Å². The topological polar surface area (TPSA) is 151 Å². The van der Waals surface area contributed by atoms with Crippen LogP contribution in [0, 0.1) is 0 Å². The second kappa shape index (κ2) is 10.9. The average molecular weight is 495 g/mol. The van der Waals surface area contributed by atoms with E-state index in [0.717, 1.165) is 0 Å². The van der Waals surface area contributed by atoms with Crippen LogP contribution in [0.4, 0.5) is 22.7 Å². The lowest BCUT2D eigenvalue weighted by Crippen LogP contribution is -2.16. The van der Waals surface area contributed by atoms with Crippen LogP contribution in [-0.4, -0.2) is 28.8 Å². The van der Waals surface area contributed by atoms with Crippen LogP contribution in [0.1, 0.15) is 41.4 Å². The summed E-state index contributed by atoms with van der Waals surface area (Å²) in [6.07, 6.45) is 0. The van der Waals surface area contributed by atoms with Crippen molar-refractivity contribution >= 4 is 46.4 Å². The summed E-state index contributed by atoms with van der Waals surface area (Å²) >= 11 is 0. The third kappa shape index (κ3) is 6.37. The maximum Gasteiger partial charge on any atom is 0.335 e. The molecule has 9 heteroatoms. The normalized spacial score (nSPS) is 10.3. The third-order valence-electron chi connectivity index (χ3n) is 5.28. The smallest absolute Gasteiger partial charge is 0.335 e. The van der Waals surface area contributed by atoms with Gasteiger partial charge in [-0.15, -0.1) is 0 Å². The van der Waals surface area contributed by atoms with Gasteiger partial charge in [-0.1, -0.05) is 24.3 Å². The second-order valence-corrected chi connectivity index (χ2v) is 8.04. The van der Waals surface area contributed by atoms with Gasteiger partial charge in [0, 0.05) is 39.4 Å². The molecular weight excluding hydrogens is 472 g/mol. The fourth-order valence-electron chi connectivity index (χ4n) is 3.50. The van der Waals surface area contributed by atoms with E-state index in [0.29, 0.717) is 28.3 Å². The van der Waals surface area contributed by atoms with Gasteiger partial charge in [0.05, 0.1) is 5.56 Å². The maximum absolute atomic E-state index is 12.8. The van der Waals surface area contributed by atoms with Crippen LogP contribution >= 0.6 is 0 Å². The summed E-state index contributed by atoms with van der Waals surface area (Å²) in [6, 6.07) is 25.2. The number of carboxylic acid groups (broad SMARTS) is 1. The predicted molar refractivity (Wildman–Crippen MR) is 141 cm³/mol. The van der Waals surface area contributed by atoms with Crippen molar-refractivity contribution in [3.05, 3.63) is 119 Å². The van der Waals surface area contributed by atoms with E-state index < -0.39 is 23.7 Å². The molecule has 0 radical (unpaired) electrons. The van der Waals surface area contributed by atoms with Gasteiger partial charge >= 0.3 is 5.97 Å². The SMILES string of the molecule is Nc1cccc(NC(=O)c2cccc(C(=O)Nc3cccc(NC(=O)c4cccc(C(=O)O)c4)c3)c2)c1. The Morgan fingerprint density at radius 2 is 0.892 bits per heavy atom. The Labute approximate surface area is 211 Å². The van der Waals surface area contributed by atoms with Gasteiger partial charge in [0.2, 0.25) is 0 Å². The van der Waals surface area contributed by atoms with Crippen LogP contribution in [0.2, 0.25) is 0 Å². The van der Waals surface area contributed by atoms with Gasteiger partial charge in [0.25, 0.3) is 17.7 Å². The number of anilines is 4. The fourth-order valence-corrected chi connectivity index (χ4v) is 3.50. The number of hydrogen-bond acceptors (Lipinski definition) is 5. The van der Waals surface area contributed by atoms with Crippen LogP contribution in [0.3, 0.4) is 0 Å². The van der Waals surface area contributed by atoms with Gasteiger partial charge in [0.15, 0.2) is 0 Å². The Morgan fingerprint density at radius 1 is 0.514 bits per heavy atom. The fraction of sp³-hybridized carbons (Fsp3) is 0. The van der Waals surface area contributed by atoms with Gasteiger partial charge in [-0.25, -0.2) is 4.79 Å². The summed E-state index contributed by atoms with van der Waals surface area (Å²) in [5.74, 6) is -2.47.